The molecule has 4 nitrogen and oxygen atoms in total. The number of carboxylic acid groups (broad SMARTS) is 2. The summed E-state index contributed by atoms with van der Waals surface area (Å²) in [6.07, 6.45) is 6.56. The average Bonchev–Trinajstić information content (AvgIpc) is 2.39. The third kappa shape index (κ3) is 8.38. The molecule has 2 atom stereocenters. The van der Waals surface area contributed by atoms with Crippen LogP contribution in [0.25, 0.3) is 0 Å². The molecule has 0 saturated heterocycles. The van der Waals surface area contributed by atoms with Gasteiger partial charge in [-0.3, -0.25) is 9.59 Å². The van der Waals surface area contributed by atoms with Gasteiger partial charge >= 0.3 is 11.9 Å². The van der Waals surface area contributed by atoms with Crippen molar-refractivity contribution in [3.05, 3.63) is 0 Å². The molecule has 0 rings (SSSR count). The molecular weight excluding hydrogens is 292 g/mol. The minimum Gasteiger partial charge on any atom is -0.481 e. The van der Waals surface area contributed by atoms with Gasteiger partial charge in [-0.1, -0.05) is 60.3 Å². The molecule has 0 radical (unpaired) electrons. The van der Waals surface area contributed by atoms with Gasteiger partial charge in [-0.25, -0.2) is 0 Å². The molecule has 2 N–H and O–H groups in total. The molecule has 23 heavy (non-hydrogen) atoms. The number of carboxylic acids is 2. The molecule has 0 aliphatic heterocycles. The van der Waals surface area contributed by atoms with Crippen molar-refractivity contribution >= 4 is 11.9 Å². The second-order valence-corrected chi connectivity index (χ2v) is 8.19. The molecule has 0 aromatic heterocycles. The van der Waals surface area contributed by atoms with Crippen LogP contribution in [0.2, 0.25) is 0 Å². The molecule has 0 fully saturated rings. The third-order valence-corrected chi connectivity index (χ3v) is 4.78. The lowest BCUT2D eigenvalue weighted by Crippen LogP contribution is -2.39. The summed E-state index contributed by atoms with van der Waals surface area (Å²) in [4.78, 5) is 22.7. The van der Waals surface area contributed by atoms with Crippen molar-refractivity contribution in [2.24, 2.45) is 16.7 Å². The van der Waals surface area contributed by atoms with E-state index in [9.17, 15) is 14.7 Å². The normalized spacial score (nSPS) is 15.9. The fourth-order valence-electron chi connectivity index (χ4n) is 3.54. The van der Waals surface area contributed by atoms with E-state index in [-0.39, 0.29) is 17.8 Å². The molecule has 0 bridgehead atoms. The number of unbranched alkanes of at least 4 members (excludes halogenated alkanes) is 3. The number of carbonyl (C=O) groups is 2. The van der Waals surface area contributed by atoms with Gasteiger partial charge < -0.3 is 10.2 Å². The van der Waals surface area contributed by atoms with Crippen molar-refractivity contribution < 1.29 is 19.8 Å². The third-order valence-electron chi connectivity index (χ3n) is 4.78. The van der Waals surface area contributed by atoms with Crippen LogP contribution in [0.15, 0.2) is 0 Å². The number of rotatable bonds is 12. The summed E-state index contributed by atoms with van der Waals surface area (Å²) in [5.74, 6) is -1.34. The molecule has 0 aromatic carbocycles. The highest BCUT2D eigenvalue weighted by Crippen LogP contribution is 2.44. The zero-order valence-corrected chi connectivity index (χ0v) is 15.7. The molecule has 0 amide bonds. The predicted octanol–water partition coefficient (Wildman–Crippen LogP) is 5.36. The standard InChI is InChI=1S/C19H36O4/c1-6-7-12-19(17(22)23,15(2)14-18(3,4)5)13-10-8-9-11-16(20)21/h15H,6-14H2,1-5H3,(H,20,21)(H,22,23). The minimum atomic E-state index is -0.776. The van der Waals surface area contributed by atoms with E-state index in [1.165, 1.54) is 0 Å². The van der Waals surface area contributed by atoms with E-state index in [2.05, 4.69) is 34.6 Å². The van der Waals surface area contributed by atoms with Gasteiger partial charge in [0.1, 0.15) is 0 Å². The highest BCUT2D eigenvalue weighted by molar-refractivity contribution is 5.75. The van der Waals surface area contributed by atoms with Gasteiger partial charge in [-0.2, -0.15) is 0 Å². The van der Waals surface area contributed by atoms with Gasteiger partial charge in [0, 0.05) is 6.42 Å². The minimum absolute atomic E-state index is 0.107. The molecular formula is C19H36O4. The van der Waals surface area contributed by atoms with Gasteiger partial charge in [0.05, 0.1) is 5.41 Å². The Kier molecular flexibility index (Phi) is 9.48. The molecule has 0 aromatic rings. The van der Waals surface area contributed by atoms with Gasteiger partial charge in [-0.15, -0.1) is 0 Å². The maximum absolute atomic E-state index is 12.1. The Hall–Kier alpha value is -1.06. The van der Waals surface area contributed by atoms with Crippen LogP contribution < -0.4 is 0 Å². The van der Waals surface area contributed by atoms with Crippen LogP contribution in [-0.2, 0) is 9.59 Å². The largest absolute Gasteiger partial charge is 0.481 e. The first kappa shape index (κ1) is 21.9. The van der Waals surface area contributed by atoms with Crippen LogP contribution >= 0.6 is 0 Å². The Morgan fingerprint density at radius 1 is 0.957 bits per heavy atom. The average molecular weight is 328 g/mol. The molecule has 4 heteroatoms. The number of hydrogen-bond donors (Lipinski definition) is 2. The Morgan fingerprint density at radius 2 is 1.52 bits per heavy atom. The Bertz CT molecular complexity index is 370. The van der Waals surface area contributed by atoms with Crippen molar-refractivity contribution in [2.45, 2.75) is 92.4 Å². The van der Waals surface area contributed by atoms with E-state index >= 15 is 0 Å². The summed E-state index contributed by atoms with van der Waals surface area (Å²) in [7, 11) is 0. The SMILES string of the molecule is CCCCC(CCCCCC(=O)O)(C(=O)O)C(C)CC(C)(C)C. The van der Waals surface area contributed by atoms with E-state index in [4.69, 9.17) is 5.11 Å². The molecule has 0 spiro atoms. The van der Waals surface area contributed by atoms with Crippen LogP contribution in [-0.4, -0.2) is 22.2 Å². The topological polar surface area (TPSA) is 74.6 Å². The first-order valence-electron chi connectivity index (χ1n) is 9.00. The second kappa shape index (κ2) is 9.94. The zero-order valence-electron chi connectivity index (χ0n) is 15.7. The number of hydrogen-bond acceptors (Lipinski definition) is 2. The fourth-order valence-corrected chi connectivity index (χ4v) is 3.54. The van der Waals surface area contributed by atoms with E-state index in [1.54, 1.807) is 0 Å². The first-order valence-corrected chi connectivity index (χ1v) is 9.00. The summed E-state index contributed by atoms with van der Waals surface area (Å²) in [5.41, 5.74) is -0.567. The van der Waals surface area contributed by atoms with Crippen molar-refractivity contribution in [3.8, 4) is 0 Å². The maximum Gasteiger partial charge on any atom is 0.309 e. The molecule has 2 unspecified atom stereocenters. The van der Waals surface area contributed by atoms with Crippen molar-refractivity contribution in [1.29, 1.82) is 0 Å². The van der Waals surface area contributed by atoms with E-state index < -0.39 is 17.4 Å². The van der Waals surface area contributed by atoms with Gasteiger partial charge in [0.2, 0.25) is 0 Å². The smallest absolute Gasteiger partial charge is 0.309 e. The second-order valence-electron chi connectivity index (χ2n) is 8.19. The summed E-state index contributed by atoms with van der Waals surface area (Å²) < 4.78 is 0. The Morgan fingerprint density at radius 3 is 1.96 bits per heavy atom. The molecule has 0 saturated carbocycles. The van der Waals surface area contributed by atoms with E-state index in [0.29, 0.717) is 12.8 Å². The van der Waals surface area contributed by atoms with Crippen molar-refractivity contribution in [1.82, 2.24) is 0 Å². The lowest BCUT2D eigenvalue weighted by molar-refractivity contribution is -0.154. The highest BCUT2D eigenvalue weighted by Gasteiger charge is 2.43. The summed E-state index contributed by atoms with van der Waals surface area (Å²) in [6, 6.07) is 0. The van der Waals surface area contributed by atoms with Crippen LogP contribution in [0.1, 0.15) is 92.4 Å². The molecule has 0 aliphatic rings. The van der Waals surface area contributed by atoms with E-state index in [0.717, 1.165) is 38.5 Å². The lowest BCUT2D eigenvalue weighted by Gasteiger charge is -2.39. The van der Waals surface area contributed by atoms with Gasteiger partial charge in [0.25, 0.3) is 0 Å². The summed E-state index contributed by atoms with van der Waals surface area (Å²) in [5, 5.41) is 18.7. The van der Waals surface area contributed by atoms with Crippen LogP contribution in [0.4, 0.5) is 0 Å². The van der Waals surface area contributed by atoms with Crippen LogP contribution in [0, 0.1) is 16.7 Å². The predicted molar refractivity (Wildman–Crippen MR) is 93.6 cm³/mol. The summed E-state index contributed by atoms with van der Waals surface area (Å²) in [6.45, 7) is 10.6. The Labute approximate surface area is 141 Å². The fraction of sp³-hybridized carbons (Fsp3) is 0.895. The monoisotopic (exact) mass is 328 g/mol. The van der Waals surface area contributed by atoms with Crippen LogP contribution in [0.5, 0.6) is 0 Å². The van der Waals surface area contributed by atoms with Crippen LogP contribution in [0.3, 0.4) is 0 Å². The van der Waals surface area contributed by atoms with E-state index in [1.807, 2.05) is 0 Å². The quantitative estimate of drug-likeness (QED) is 0.473. The highest BCUT2D eigenvalue weighted by atomic mass is 16.4. The molecule has 136 valence electrons. The molecule has 0 heterocycles. The van der Waals surface area contributed by atoms with Crippen molar-refractivity contribution in [2.75, 3.05) is 0 Å². The molecule has 0 aliphatic carbocycles. The van der Waals surface area contributed by atoms with Gasteiger partial charge in [0.15, 0.2) is 0 Å². The zero-order chi connectivity index (χ0) is 18.1. The van der Waals surface area contributed by atoms with Crippen molar-refractivity contribution in [3.63, 3.8) is 0 Å². The van der Waals surface area contributed by atoms with Gasteiger partial charge in [-0.05, 0) is 37.0 Å². The maximum atomic E-state index is 12.1. The first-order chi connectivity index (χ1) is 10.5. The lowest BCUT2D eigenvalue weighted by atomic mass is 9.65. The Balaban J connectivity index is 4.95. The summed E-state index contributed by atoms with van der Waals surface area (Å²) >= 11 is 0. The number of aliphatic carboxylic acids is 2.